The minimum absolute atomic E-state index is 0.287. The number of nitrogens with zero attached hydrogens (tertiary/aromatic N) is 1. The van der Waals surface area contributed by atoms with E-state index in [2.05, 4.69) is 4.98 Å². The first-order valence-corrected chi connectivity index (χ1v) is 4.70. The number of rotatable bonds is 1. The normalized spacial score (nSPS) is 16.8. The quantitative estimate of drug-likeness (QED) is 0.621. The van der Waals surface area contributed by atoms with Gasteiger partial charge in [-0.1, -0.05) is 0 Å². The standard InChI is InChI=1S/C8H8INO/c9-8-7(11)4-3-6(10-8)5-1-2-5/h3-5,11H,1-2H2. The van der Waals surface area contributed by atoms with E-state index in [-0.39, 0.29) is 5.75 Å². The number of hydrogen-bond acceptors (Lipinski definition) is 2. The number of pyridine rings is 1. The predicted octanol–water partition coefficient (Wildman–Crippen LogP) is 2.27. The first-order valence-electron chi connectivity index (χ1n) is 3.63. The molecule has 0 saturated heterocycles. The summed E-state index contributed by atoms with van der Waals surface area (Å²) in [6, 6.07) is 3.64. The van der Waals surface area contributed by atoms with E-state index in [0.29, 0.717) is 9.62 Å². The van der Waals surface area contributed by atoms with Crippen LogP contribution >= 0.6 is 22.6 Å². The molecule has 0 aromatic carbocycles. The molecule has 0 atom stereocenters. The zero-order valence-electron chi connectivity index (χ0n) is 5.92. The van der Waals surface area contributed by atoms with Crippen molar-refractivity contribution in [3.63, 3.8) is 0 Å². The average Bonchev–Trinajstić information content (AvgIpc) is 2.77. The Morgan fingerprint density at radius 2 is 2.18 bits per heavy atom. The Balaban J connectivity index is 2.36. The second-order valence-electron chi connectivity index (χ2n) is 2.82. The van der Waals surface area contributed by atoms with Crippen LogP contribution in [0, 0.1) is 3.70 Å². The summed E-state index contributed by atoms with van der Waals surface area (Å²) >= 11 is 2.05. The van der Waals surface area contributed by atoms with Gasteiger partial charge in [0.2, 0.25) is 0 Å². The smallest absolute Gasteiger partial charge is 0.147 e. The van der Waals surface area contributed by atoms with Crippen molar-refractivity contribution in [3.05, 3.63) is 21.5 Å². The third-order valence-electron chi connectivity index (χ3n) is 1.85. The van der Waals surface area contributed by atoms with Gasteiger partial charge in [-0.25, -0.2) is 4.98 Å². The topological polar surface area (TPSA) is 33.1 Å². The van der Waals surface area contributed by atoms with Crippen LogP contribution in [0.15, 0.2) is 12.1 Å². The lowest BCUT2D eigenvalue weighted by molar-refractivity contribution is 0.467. The molecule has 1 fully saturated rings. The average molecular weight is 261 g/mol. The van der Waals surface area contributed by atoms with Gasteiger partial charge < -0.3 is 5.11 Å². The summed E-state index contributed by atoms with van der Waals surface area (Å²) in [4.78, 5) is 4.27. The highest BCUT2D eigenvalue weighted by atomic mass is 127. The largest absolute Gasteiger partial charge is 0.505 e. The number of halogens is 1. The van der Waals surface area contributed by atoms with E-state index in [1.54, 1.807) is 6.07 Å². The Hall–Kier alpha value is -0.320. The molecule has 58 valence electrons. The highest BCUT2D eigenvalue weighted by Crippen LogP contribution is 2.39. The van der Waals surface area contributed by atoms with Gasteiger partial charge in [0.05, 0.1) is 0 Å². The Labute approximate surface area is 78.8 Å². The Morgan fingerprint density at radius 3 is 2.73 bits per heavy atom. The zero-order valence-corrected chi connectivity index (χ0v) is 8.08. The van der Waals surface area contributed by atoms with Crippen molar-refractivity contribution in [2.24, 2.45) is 0 Å². The van der Waals surface area contributed by atoms with E-state index >= 15 is 0 Å². The van der Waals surface area contributed by atoms with Crippen LogP contribution < -0.4 is 0 Å². The fraction of sp³-hybridized carbons (Fsp3) is 0.375. The summed E-state index contributed by atoms with van der Waals surface area (Å²) in [5, 5.41) is 9.18. The molecule has 1 saturated carbocycles. The van der Waals surface area contributed by atoms with Crippen LogP contribution in [0.5, 0.6) is 5.75 Å². The van der Waals surface area contributed by atoms with Gasteiger partial charge in [0, 0.05) is 11.6 Å². The molecule has 0 spiro atoms. The molecule has 1 aromatic heterocycles. The molecule has 1 aromatic rings. The third-order valence-corrected chi connectivity index (χ3v) is 2.64. The first kappa shape index (κ1) is 7.34. The molecule has 0 bridgehead atoms. The van der Waals surface area contributed by atoms with Crippen LogP contribution in [0.2, 0.25) is 0 Å². The molecule has 1 aliphatic carbocycles. The summed E-state index contributed by atoms with van der Waals surface area (Å²) in [7, 11) is 0. The molecule has 1 aliphatic rings. The Morgan fingerprint density at radius 1 is 1.45 bits per heavy atom. The van der Waals surface area contributed by atoms with E-state index in [1.165, 1.54) is 12.8 Å². The molecule has 0 aliphatic heterocycles. The lowest BCUT2D eigenvalue weighted by Crippen LogP contribution is -1.88. The van der Waals surface area contributed by atoms with Crippen molar-refractivity contribution >= 4 is 22.6 Å². The Bertz CT molecular complexity index is 283. The van der Waals surface area contributed by atoms with Crippen LogP contribution in [0.1, 0.15) is 24.5 Å². The molecule has 0 unspecified atom stereocenters. The fourth-order valence-corrected chi connectivity index (χ4v) is 1.51. The lowest BCUT2D eigenvalue weighted by atomic mass is 10.2. The number of hydrogen-bond donors (Lipinski definition) is 1. The van der Waals surface area contributed by atoms with Crippen molar-refractivity contribution in [2.45, 2.75) is 18.8 Å². The van der Waals surface area contributed by atoms with E-state index < -0.39 is 0 Å². The van der Waals surface area contributed by atoms with Gasteiger partial charge in [-0.15, -0.1) is 0 Å². The van der Waals surface area contributed by atoms with Crippen LogP contribution in [-0.4, -0.2) is 10.1 Å². The fourth-order valence-electron chi connectivity index (χ4n) is 1.05. The van der Waals surface area contributed by atoms with Crippen molar-refractivity contribution in [3.8, 4) is 5.75 Å². The highest BCUT2D eigenvalue weighted by molar-refractivity contribution is 14.1. The molecule has 11 heavy (non-hydrogen) atoms. The van der Waals surface area contributed by atoms with Gasteiger partial charge in [-0.05, 0) is 47.6 Å². The van der Waals surface area contributed by atoms with Gasteiger partial charge in [0.25, 0.3) is 0 Å². The molecule has 0 amide bonds. The molecule has 2 rings (SSSR count). The maximum atomic E-state index is 9.18. The van der Waals surface area contributed by atoms with Crippen LogP contribution in [-0.2, 0) is 0 Å². The van der Waals surface area contributed by atoms with Crippen LogP contribution in [0.3, 0.4) is 0 Å². The second-order valence-corrected chi connectivity index (χ2v) is 3.84. The van der Waals surface area contributed by atoms with Crippen molar-refractivity contribution in [1.82, 2.24) is 4.98 Å². The van der Waals surface area contributed by atoms with E-state index in [4.69, 9.17) is 0 Å². The van der Waals surface area contributed by atoms with Gasteiger partial charge in [0.15, 0.2) is 0 Å². The van der Waals surface area contributed by atoms with Crippen LogP contribution in [0.4, 0.5) is 0 Å². The monoisotopic (exact) mass is 261 g/mol. The number of aromatic hydroxyl groups is 1. The minimum Gasteiger partial charge on any atom is -0.505 e. The molecule has 2 nitrogen and oxygen atoms in total. The predicted molar refractivity (Wildman–Crippen MR) is 50.6 cm³/mol. The van der Waals surface area contributed by atoms with Gasteiger partial charge in [-0.3, -0.25) is 0 Å². The van der Waals surface area contributed by atoms with Gasteiger partial charge in [-0.2, -0.15) is 0 Å². The van der Waals surface area contributed by atoms with Crippen molar-refractivity contribution in [1.29, 1.82) is 0 Å². The van der Waals surface area contributed by atoms with Crippen molar-refractivity contribution in [2.75, 3.05) is 0 Å². The van der Waals surface area contributed by atoms with Crippen LogP contribution in [0.25, 0.3) is 0 Å². The zero-order chi connectivity index (χ0) is 7.84. The summed E-state index contributed by atoms with van der Waals surface area (Å²) in [5.74, 6) is 0.958. The first-order chi connectivity index (χ1) is 5.27. The van der Waals surface area contributed by atoms with E-state index in [1.807, 2.05) is 28.7 Å². The maximum absolute atomic E-state index is 9.18. The molecule has 0 radical (unpaired) electrons. The molecule has 1 N–H and O–H groups in total. The van der Waals surface area contributed by atoms with E-state index in [9.17, 15) is 5.11 Å². The maximum Gasteiger partial charge on any atom is 0.147 e. The third kappa shape index (κ3) is 1.47. The van der Waals surface area contributed by atoms with Gasteiger partial charge in [0.1, 0.15) is 9.45 Å². The summed E-state index contributed by atoms with van der Waals surface area (Å²) in [5.41, 5.74) is 1.13. The van der Waals surface area contributed by atoms with Gasteiger partial charge >= 0.3 is 0 Å². The molecule has 3 heteroatoms. The summed E-state index contributed by atoms with van der Waals surface area (Å²) < 4.78 is 0.715. The second kappa shape index (κ2) is 2.62. The lowest BCUT2D eigenvalue weighted by Gasteiger charge is -1.98. The molecular formula is C8H8INO. The number of aromatic nitrogens is 1. The van der Waals surface area contributed by atoms with Crippen molar-refractivity contribution < 1.29 is 5.11 Å². The molecule has 1 heterocycles. The summed E-state index contributed by atoms with van der Waals surface area (Å²) in [6.45, 7) is 0. The summed E-state index contributed by atoms with van der Waals surface area (Å²) in [6.07, 6.45) is 2.52. The molecular weight excluding hydrogens is 253 g/mol. The SMILES string of the molecule is Oc1ccc(C2CC2)nc1I. The highest BCUT2D eigenvalue weighted by Gasteiger charge is 2.25. The minimum atomic E-state index is 0.287. The van der Waals surface area contributed by atoms with E-state index in [0.717, 1.165) is 5.69 Å². The Kier molecular flexibility index (Phi) is 1.75.